The number of aryl methyl sites for hydroxylation is 1. The van der Waals surface area contributed by atoms with Crippen molar-refractivity contribution in [3.8, 4) is 0 Å². The molecular weight excluding hydrogens is 400 g/mol. The van der Waals surface area contributed by atoms with Gasteiger partial charge in [-0.25, -0.2) is 0 Å². The molecule has 0 spiro atoms. The van der Waals surface area contributed by atoms with E-state index in [2.05, 4.69) is 34.6 Å². The lowest BCUT2D eigenvalue weighted by Crippen LogP contribution is -2.19. The molecule has 2 N–H and O–H groups in total. The Hall–Kier alpha value is -1.84. The van der Waals surface area contributed by atoms with Crippen molar-refractivity contribution in [2.45, 2.75) is 117 Å². The Labute approximate surface area is 195 Å². The van der Waals surface area contributed by atoms with E-state index in [4.69, 9.17) is 0 Å². The van der Waals surface area contributed by atoms with Crippen LogP contribution in [0.4, 0.5) is 0 Å². The van der Waals surface area contributed by atoms with E-state index in [1.165, 1.54) is 12.8 Å². The topological polar surface area (TPSA) is 74.6 Å². The number of carboxylic acids is 2. The average Bonchev–Trinajstić information content (AvgIpc) is 2.71. The number of unbranched alkanes of at least 4 members (excludes halogenated alkanes) is 3. The van der Waals surface area contributed by atoms with Gasteiger partial charge in [0.05, 0.1) is 11.8 Å². The zero-order chi connectivity index (χ0) is 24.1. The Morgan fingerprint density at radius 2 is 1.25 bits per heavy atom. The molecule has 0 heterocycles. The van der Waals surface area contributed by atoms with Crippen molar-refractivity contribution in [2.75, 3.05) is 0 Å². The van der Waals surface area contributed by atoms with Crippen molar-refractivity contribution in [2.24, 2.45) is 11.8 Å². The number of hydrogen-bond donors (Lipinski definition) is 2. The first-order valence-electron chi connectivity index (χ1n) is 12.8. The van der Waals surface area contributed by atoms with Gasteiger partial charge in [0.1, 0.15) is 0 Å². The molecule has 4 heteroatoms. The first-order chi connectivity index (χ1) is 15.2. The first kappa shape index (κ1) is 28.2. The van der Waals surface area contributed by atoms with Gasteiger partial charge in [0.25, 0.3) is 0 Å². The minimum Gasteiger partial charge on any atom is -0.481 e. The molecule has 182 valence electrons. The molecule has 4 nitrogen and oxygen atoms in total. The molecular formula is C28H46O4. The molecule has 0 saturated heterocycles. The van der Waals surface area contributed by atoms with Crippen molar-refractivity contribution in [1.29, 1.82) is 0 Å². The van der Waals surface area contributed by atoms with Gasteiger partial charge in [-0.3, -0.25) is 9.59 Å². The summed E-state index contributed by atoms with van der Waals surface area (Å²) in [4.78, 5) is 24.5. The molecule has 2 unspecified atom stereocenters. The lowest BCUT2D eigenvalue weighted by molar-refractivity contribution is -0.140. The van der Waals surface area contributed by atoms with Crippen LogP contribution in [0.3, 0.4) is 0 Å². The summed E-state index contributed by atoms with van der Waals surface area (Å²) >= 11 is 0. The molecule has 0 amide bonds. The van der Waals surface area contributed by atoms with Crippen LogP contribution in [0.25, 0.3) is 0 Å². The zero-order valence-electron chi connectivity index (χ0n) is 21.0. The van der Waals surface area contributed by atoms with Crippen LogP contribution < -0.4 is 0 Å². The summed E-state index contributed by atoms with van der Waals surface area (Å²) in [5.41, 5.74) is 2.56. The molecule has 0 radical (unpaired) electrons. The van der Waals surface area contributed by atoms with Crippen LogP contribution in [0.15, 0.2) is 18.2 Å². The Balaban J connectivity index is 3.26. The van der Waals surface area contributed by atoms with E-state index in [1.807, 2.05) is 18.2 Å². The largest absolute Gasteiger partial charge is 0.481 e. The fraction of sp³-hybridized carbons (Fsp3) is 0.714. The number of rotatable bonds is 17. The van der Waals surface area contributed by atoms with Crippen molar-refractivity contribution < 1.29 is 19.8 Å². The van der Waals surface area contributed by atoms with Crippen molar-refractivity contribution in [3.63, 3.8) is 0 Å². The molecule has 1 aromatic rings. The van der Waals surface area contributed by atoms with Crippen molar-refractivity contribution >= 4 is 11.9 Å². The van der Waals surface area contributed by atoms with Gasteiger partial charge < -0.3 is 10.2 Å². The number of carboxylic acid groups (broad SMARTS) is 2. The van der Waals surface area contributed by atoms with Crippen LogP contribution in [-0.4, -0.2) is 22.2 Å². The molecule has 1 rings (SSSR count). The van der Waals surface area contributed by atoms with E-state index >= 15 is 0 Å². The first-order valence-corrected chi connectivity index (χ1v) is 12.8. The standard InChI is InChI=1S/C28H46O4/c1-6-7-8-9-14-22-17-18-23(24(27(29)30)15-10-12-20(2)3)26(19-22)25(28(31)32)16-11-13-21(4)5/h17-21,24-25H,6-16H2,1-5H3,(H,29,30)(H,31,32). The molecule has 0 aliphatic heterocycles. The van der Waals surface area contributed by atoms with E-state index in [1.54, 1.807) is 0 Å². The highest BCUT2D eigenvalue weighted by Gasteiger charge is 2.29. The summed E-state index contributed by atoms with van der Waals surface area (Å²) in [5.74, 6) is -1.94. The van der Waals surface area contributed by atoms with Gasteiger partial charge in [0.15, 0.2) is 0 Å². The zero-order valence-corrected chi connectivity index (χ0v) is 21.0. The Kier molecular flexibility index (Phi) is 13.3. The van der Waals surface area contributed by atoms with Crippen LogP contribution in [0.1, 0.15) is 127 Å². The second-order valence-corrected chi connectivity index (χ2v) is 10.2. The van der Waals surface area contributed by atoms with Gasteiger partial charge in [-0.1, -0.05) is 97.8 Å². The summed E-state index contributed by atoms with van der Waals surface area (Å²) in [5, 5.41) is 20.1. The molecule has 0 aromatic heterocycles. The highest BCUT2D eigenvalue weighted by Crippen LogP contribution is 2.35. The fourth-order valence-electron chi connectivity index (χ4n) is 4.44. The van der Waals surface area contributed by atoms with Gasteiger partial charge in [0.2, 0.25) is 0 Å². The highest BCUT2D eigenvalue weighted by molar-refractivity contribution is 5.80. The van der Waals surface area contributed by atoms with E-state index in [9.17, 15) is 19.8 Å². The summed E-state index contributed by atoms with van der Waals surface area (Å²) in [6.45, 7) is 10.8. The van der Waals surface area contributed by atoms with Gasteiger partial charge in [-0.15, -0.1) is 0 Å². The molecule has 0 saturated carbocycles. The molecule has 1 aromatic carbocycles. The lowest BCUT2D eigenvalue weighted by Gasteiger charge is -2.23. The Morgan fingerprint density at radius 3 is 1.72 bits per heavy atom. The predicted octanol–water partition coefficient (Wildman–Crippen LogP) is 7.80. The van der Waals surface area contributed by atoms with Crippen molar-refractivity contribution in [3.05, 3.63) is 34.9 Å². The maximum absolute atomic E-state index is 12.3. The van der Waals surface area contributed by atoms with E-state index in [-0.39, 0.29) is 0 Å². The number of hydrogen-bond acceptors (Lipinski definition) is 2. The van der Waals surface area contributed by atoms with Crippen LogP contribution >= 0.6 is 0 Å². The van der Waals surface area contributed by atoms with Gasteiger partial charge in [0, 0.05) is 0 Å². The van der Waals surface area contributed by atoms with Gasteiger partial charge >= 0.3 is 11.9 Å². The second-order valence-electron chi connectivity index (χ2n) is 10.2. The monoisotopic (exact) mass is 446 g/mol. The van der Waals surface area contributed by atoms with Crippen LogP contribution in [0.2, 0.25) is 0 Å². The Bertz CT molecular complexity index is 693. The maximum Gasteiger partial charge on any atom is 0.310 e. The fourth-order valence-corrected chi connectivity index (χ4v) is 4.44. The highest BCUT2D eigenvalue weighted by atomic mass is 16.4. The second kappa shape index (κ2) is 15.1. The van der Waals surface area contributed by atoms with Crippen LogP contribution in [0, 0.1) is 11.8 Å². The SMILES string of the molecule is CCCCCCc1ccc(C(CCCC(C)C)C(=O)O)c(C(CCCC(C)C)C(=O)O)c1. The van der Waals surface area contributed by atoms with Crippen molar-refractivity contribution in [1.82, 2.24) is 0 Å². The molecule has 0 fully saturated rings. The van der Waals surface area contributed by atoms with Crippen LogP contribution in [0.5, 0.6) is 0 Å². The smallest absolute Gasteiger partial charge is 0.310 e. The van der Waals surface area contributed by atoms with E-state index in [0.29, 0.717) is 30.2 Å². The van der Waals surface area contributed by atoms with E-state index in [0.717, 1.165) is 56.1 Å². The van der Waals surface area contributed by atoms with E-state index < -0.39 is 23.8 Å². The number of aliphatic carboxylic acids is 2. The summed E-state index contributed by atoms with van der Waals surface area (Å²) < 4.78 is 0. The lowest BCUT2D eigenvalue weighted by atomic mass is 9.81. The number of carbonyl (C=O) groups is 2. The Morgan fingerprint density at radius 1 is 0.719 bits per heavy atom. The third kappa shape index (κ3) is 10.2. The average molecular weight is 447 g/mol. The summed E-state index contributed by atoms with van der Waals surface area (Å²) in [6.07, 6.45) is 10.3. The molecule has 0 bridgehead atoms. The van der Waals surface area contributed by atoms with Gasteiger partial charge in [-0.05, 0) is 54.2 Å². The quantitative estimate of drug-likeness (QED) is 0.239. The normalized spacial score (nSPS) is 13.5. The third-order valence-corrected chi connectivity index (χ3v) is 6.37. The minimum atomic E-state index is -0.850. The van der Waals surface area contributed by atoms with Crippen LogP contribution in [-0.2, 0) is 16.0 Å². The molecule has 0 aliphatic carbocycles. The minimum absolute atomic E-state index is 0.525. The molecule has 0 aliphatic rings. The van der Waals surface area contributed by atoms with Gasteiger partial charge in [-0.2, -0.15) is 0 Å². The summed E-state index contributed by atoms with van der Waals surface area (Å²) in [7, 11) is 0. The third-order valence-electron chi connectivity index (χ3n) is 6.37. The molecule has 2 atom stereocenters. The predicted molar refractivity (Wildman–Crippen MR) is 132 cm³/mol. The summed E-state index contributed by atoms with van der Waals surface area (Å²) in [6, 6.07) is 5.95. The maximum atomic E-state index is 12.3. The molecule has 32 heavy (non-hydrogen) atoms. The number of benzene rings is 1.